The van der Waals surface area contributed by atoms with Crippen molar-refractivity contribution >= 4 is 33.4 Å². The summed E-state index contributed by atoms with van der Waals surface area (Å²) in [5.41, 5.74) is 11.7. The van der Waals surface area contributed by atoms with Gasteiger partial charge in [0.2, 0.25) is 5.91 Å². The molecule has 5 aliphatic heterocycles. The number of hydrogen-bond acceptors (Lipinski definition) is 21. The van der Waals surface area contributed by atoms with Crippen LogP contribution in [-0.2, 0) is 83.8 Å². The highest BCUT2D eigenvalue weighted by Gasteiger charge is 2.60. The number of phosphoric ester groups is 2. The Hall–Kier alpha value is -3.26. The fourth-order valence-corrected chi connectivity index (χ4v) is 13.6. The summed E-state index contributed by atoms with van der Waals surface area (Å²) in [6.07, 6.45) is 40.2. The third-order valence-electron chi connectivity index (χ3n) is 16.6. The smallest absolute Gasteiger partial charge is 0.474 e. The number of fused-ring (bicyclic) bond motifs is 2. The maximum atomic E-state index is 13.1. The molecule has 10 unspecified atom stereocenters. The molecule has 26 heteroatoms. The molecular weight excluding hydrogens is 1250 g/mol. The van der Waals surface area contributed by atoms with Crippen molar-refractivity contribution in [3.63, 3.8) is 0 Å². The van der Waals surface area contributed by atoms with Crippen molar-refractivity contribution in [2.75, 3.05) is 67.1 Å². The SMILES string of the molecule is CC(=O)[O-].CCCCCCCCCCCCCCCOCCCOP(=O)(OC)OCC1OC(N2C=CCC(C(N)=O)=C2)C2OC(C)(C)OC12.CCCCCCCCCCCCCCCOCCCOP(=O)(OC)OCC1OC([n+]2cccc(C(N)=O)c2)C2OC(C)(C)OC12. The van der Waals surface area contributed by atoms with Crippen molar-refractivity contribution in [2.24, 2.45) is 11.5 Å². The molecular formula is C68H120N4O20P2. The van der Waals surface area contributed by atoms with Gasteiger partial charge in [-0.2, -0.15) is 4.57 Å². The number of carbonyl (C=O) groups excluding carboxylic acids is 3. The lowest BCUT2D eigenvalue weighted by molar-refractivity contribution is -0.766. The Bertz CT molecular complexity index is 2430. The Morgan fingerprint density at radius 1 is 0.564 bits per heavy atom. The van der Waals surface area contributed by atoms with Gasteiger partial charge in [0.25, 0.3) is 12.1 Å². The zero-order chi connectivity index (χ0) is 68.7. The van der Waals surface area contributed by atoms with Gasteiger partial charge in [-0.15, -0.1) is 0 Å². The Labute approximate surface area is 562 Å². The number of nitrogens with zero attached hydrogens (tertiary/aromatic N) is 2. The molecule has 0 aliphatic carbocycles. The molecule has 1 aromatic rings. The van der Waals surface area contributed by atoms with Gasteiger partial charge in [0.1, 0.15) is 36.1 Å². The number of carbonyl (C=O) groups is 3. The Kier molecular flexibility index (Phi) is 40.8. The van der Waals surface area contributed by atoms with Crippen molar-refractivity contribution in [1.29, 1.82) is 0 Å². The van der Waals surface area contributed by atoms with E-state index in [1.807, 2.05) is 40.0 Å². The van der Waals surface area contributed by atoms with Gasteiger partial charge in [0.05, 0.1) is 26.4 Å². The van der Waals surface area contributed by atoms with Gasteiger partial charge >= 0.3 is 15.6 Å². The highest BCUT2D eigenvalue weighted by Crippen LogP contribution is 2.52. The van der Waals surface area contributed by atoms with Gasteiger partial charge < -0.3 is 64.2 Å². The maximum Gasteiger partial charge on any atom is 0.474 e. The van der Waals surface area contributed by atoms with Crippen molar-refractivity contribution < 1.29 is 98.2 Å². The highest BCUT2D eigenvalue weighted by molar-refractivity contribution is 7.48. The molecule has 0 bridgehead atoms. The number of allylic oxidation sites excluding steroid dienone is 1. The number of hydrogen-bond donors (Lipinski definition) is 2. The molecule has 24 nitrogen and oxygen atoms in total. The number of nitrogens with two attached hydrogens (primary N) is 2. The second kappa shape index (κ2) is 46.2. The quantitative estimate of drug-likeness (QED) is 0.0348. The molecule has 5 aliphatic rings. The molecule has 6 rings (SSSR count). The van der Waals surface area contributed by atoms with Gasteiger partial charge in [-0.05, 0) is 72.8 Å². The number of unbranched alkanes of at least 4 members (excludes halogenated alkanes) is 24. The van der Waals surface area contributed by atoms with Crippen LogP contribution in [0, 0.1) is 0 Å². The molecule has 0 spiro atoms. The van der Waals surface area contributed by atoms with Crippen LogP contribution in [0.4, 0.5) is 0 Å². The minimum Gasteiger partial charge on any atom is -0.550 e. The van der Waals surface area contributed by atoms with Gasteiger partial charge in [-0.1, -0.05) is 174 Å². The van der Waals surface area contributed by atoms with E-state index < -0.39 is 94.1 Å². The minimum absolute atomic E-state index is 0.0955. The predicted molar refractivity (Wildman–Crippen MR) is 354 cm³/mol. The van der Waals surface area contributed by atoms with Crippen LogP contribution in [0.3, 0.4) is 0 Å². The van der Waals surface area contributed by atoms with Crippen LogP contribution in [0.5, 0.6) is 0 Å². The van der Waals surface area contributed by atoms with Crippen LogP contribution in [0.15, 0.2) is 48.6 Å². The third kappa shape index (κ3) is 32.6. The molecule has 4 saturated heterocycles. The molecule has 0 saturated carbocycles. The average molecular weight is 1380 g/mol. The van der Waals surface area contributed by atoms with E-state index in [9.17, 15) is 18.7 Å². The van der Waals surface area contributed by atoms with E-state index in [1.54, 1.807) is 40.2 Å². The van der Waals surface area contributed by atoms with Crippen LogP contribution in [0.25, 0.3) is 0 Å². The van der Waals surface area contributed by atoms with Crippen LogP contribution in [-0.4, -0.2) is 144 Å². The zero-order valence-corrected chi connectivity index (χ0v) is 60.2. The van der Waals surface area contributed by atoms with Gasteiger partial charge in [0.15, 0.2) is 36.3 Å². The molecule has 1 aromatic heterocycles. The van der Waals surface area contributed by atoms with E-state index in [0.29, 0.717) is 43.6 Å². The van der Waals surface area contributed by atoms with Crippen LogP contribution >= 0.6 is 15.6 Å². The van der Waals surface area contributed by atoms with Crippen molar-refractivity contribution in [3.05, 3.63) is 54.1 Å². The van der Waals surface area contributed by atoms with Crippen LogP contribution in [0.2, 0.25) is 0 Å². The van der Waals surface area contributed by atoms with E-state index in [-0.39, 0.29) is 26.4 Å². The number of amides is 2. The summed E-state index contributed by atoms with van der Waals surface area (Å²) < 4.78 is 109. The number of aromatic nitrogens is 1. The summed E-state index contributed by atoms with van der Waals surface area (Å²) in [5, 5.41) is 8.89. The van der Waals surface area contributed by atoms with E-state index >= 15 is 0 Å². The maximum absolute atomic E-state index is 13.1. The summed E-state index contributed by atoms with van der Waals surface area (Å²) >= 11 is 0. The predicted octanol–water partition coefficient (Wildman–Crippen LogP) is 12.6. The fourth-order valence-electron chi connectivity index (χ4n) is 11.7. The molecule has 10 atom stereocenters. The second-order valence-corrected chi connectivity index (χ2v) is 29.2. The number of carboxylic acid groups (broad SMARTS) is 1. The van der Waals surface area contributed by atoms with E-state index in [4.69, 9.17) is 86.4 Å². The minimum atomic E-state index is -3.83. The van der Waals surface area contributed by atoms with E-state index in [2.05, 4.69) is 13.8 Å². The van der Waals surface area contributed by atoms with Crippen molar-refractivity contribution in [3.8, 4) is 0 Å². The van der Waals surface area contributed by atoms with E-state index in [0.717, 1.165) is 33.0 Å². The number of pyridine rings is 1. The first-order valence-corrected chi connectivity index (χ1v) is 38.0. The number of aliphatic carboxylic acids is 1. The molecule has 94 heavy (non-hydrogen) atoms. The zero-order valence-electron chi connectivity index (χ0n) is 58.4. The van der Waals surface area contributed by atoms with Gasteiger partial charge in [-0.25, -0.2) is 9.13 Å². The Morgan fingerprint density at radius 2 is 0.957 bits per heavy atom. The summed E-state index contributed by atoms with van der Waals surface area (Å²) in [7, 11) is -5.07. The fraction of sp³-hybridized carbons (Fsp3) is 0.824. The van der Waals surface area contributed by atoms with Crippen molar-refractivity contribution in [1.82, 2.24) is 4.90 Å². The number of rotatable bonds is 50. The number of phosphoric acid groups is 2. The topological polar surface area (TPSA) is 297 Å². The molecule has 6 heterocycles. The third-order valence-corrected chi connectivity index (χ3v) is 19.4. The standard InChI is InChI=1S/C33H59N2O9P.C33H57N2O9P.C2H4O2/c2*1-5-6-7-8-9-10-11-12-13-14-15-16-17-22-39-23-19-24-40-45(37,38-4)41-26-28-29-30(44-33(2,3)43-29)32(42-28)35-21-18-20-27(25-35)31(34)36;1-2(3)4/h18,21,25,28-30,32H,5-17,19-20,22-24,26H2,1-4H3,(H2,34,36);18,20-21,25,28-30,32H,5-17,19,22-24,26H2,1-4H3,(H-,34,36);1H3,(H,3,4). The second-order valence-electron chi connectivity index (χ2n) is 25.6. The molecule has 0 radical (unpaired) electrons. The largest absolute Gasteiger partial charge is 0.550 e. The van der Waals surface area contributed by atoms with Crippen LogP contribution in [0.1, 0.15) is 251 Å². The lowest BCUT2D eigenvalue weighted by Gasteiger charge is -2.31. The van der Waals surface area contributed by atoms with E-state index in [1.165, 1.54) is 168 Å². The Morgan fingerprint density at radius 3 is 1.38 bits per heavy atom. The molecule has 0 aromatic carbocycles. The number of carboxylic acids is 1. The normalized spacial score (nSPS) is 23.7. The molecule has 4 N–H and O–H groups in total. The molecule has 2 amide bonds. The summed E-state index contributed by atoms with van der Waals surface area (Å²) in [6, 6.07) is 3.33. The van der Waals surface area contributed by atoms with Crippen LogP contribution < -0.4 is 21.1 Å². The summed E-state index contributed by atoms with van der Waals surface area (Å²) in [5.74, 6) is -3.83. The summed E-state index contributed by atoms with van der Waals surface area (Å²) in [6.45, 7) is 15.4. The molecule has 4 fully saturated rings. The first-order chi connectivity index (χ1) is 45.1. The number of primary amides is 2. The lowest BCUT2D eigenvalue weighted by atomic mass is 10.0. The first-order valence-electron chi connectivity index (χ1n) is 35.1. The monoisotopic (exact) mass is 1370 g/mol. The van der Waals surface area contributed by atoms with Gasteiger partial charge in [-0.3, -0.25) is 36.7 Å². The molecule has 542 valence electrons. The lowest BCUT2D eigenvalue weighted by Crippen LogP contribution is -2.46. The van der Waals surface area contributed by atoms with Gasteiger partial charge in [0, 0.05) is 70.7 Å². The highest BCUT2D eigenvalue weighted by atomic mass is 31.2. The Balaban J connectivity index is 0.000000379. The van der Waals surface area contributed by atoms with Crippen molar-refractivity contribution in [2.45, 2.75) is 295 Å². The number of ether oxygens (including phenoxy) is 8. The average Bonchev–Trinajstić information content (AvgIpc) is 1.61. The first kappa shape index (κ1) is 83.2. The summed E-state index contributed by atoms with van der Waals surface area (Å²) in [4.78, 5) is 34.1.